The van der Waals surface area contributed by atoms with Crippen LogP contribution in [0.25, 0.3) is 0 Å². The number of aromatic nitrogens is 1. The molecular weight excluding hydrogens is 276 g/mol. The number of hydrogen-bond donors (Lipinski definition) is 1. The van der Waals surface area contributed by atoms with E-state index in [1.165, 1.54) is 0 Å². The van der Waals surface area contributed by atoms with Crippen LogP contribution in [0.2, 0.25) is 5.02 Å². The van der Waals surface area contributed by atoms with Crippen molar-refractivity contribution in [3.8, 4) is 5.75 Å². The van der Waals surface area contributed by atoms with Crippen LogP contribution in [0.15, 0.2) is 28.8 Å². The first-order chi connectivity index (χ1) is 9.69. The van der Waals surface area contributed by atoms with Crippen molar-refractivity contribution in [2.45, 2.75) is 33.4 Å². The zero-order chi connectivity index (χ0) is 14.4. The Morgan fingerprint density at radius 3 is 2.85 bits per heavy atom. The topological polar surface area (TPSA) is 47.3 Å². The molecule has 0 saturated carbocycles. The van der Waals surface area contributed by atoms with Gasteiger partial charge >= 0.3 is 0 Å². The van der Waals surface area contributed by atoms with Crippen molar-refractivity contribution >= 4 is 11.6 Å². The van der Waals surface area contributed by atoms with Crippen LogP contribution in [0.3, 0.4) is 0 Å². The lowest BCUT2D eigenvalue weighted by molar-refractivity contribution is 0.288. The molecule has 0 aliphatic carbocycles. The largest absolute Gasteiger partial charge is 0.486 e. The molecule has 0 atom stereocenters. The van der Waals surface area contributed by atoms with Gasteiger partial charge < -0.3 is 14.6 Å². The highest BCUT2D eigenvalue weighted by Gasteiger charge is 2.06. The second kappa shape index (κ2) is 7.31. The number of hydrogen-bond acceptors (Lipinski definition) is 4. The Hall–Kier alpha value is -1.52. The molecule has 108 valence electrons. The first kappa shape index (κ1) is 14.9. The maximum atomic E-state index is 6.22. The van der Waals surface area contributed by atoms with E-state index in [0.717, 1.165) is 36.5 Å². The number of aryl methyl sites for hydroxylation is 1. The Morgan fingerprint density at radius 1 is 1.35 bits per heavy atom. The van der Waals surface area contributed by atoms with E-state index in [4.69, 9.17) is 20.9 Å². The van der Waals surface area contributed by atoms with Gasteiger partial charge in [-0.3, -0.25) is 0 Å². The quantitative estimate of drug-likeness (QED) is 0.791. The summed E-state index contributed by atoms with van der Waals surface area (Å²) in [6.45, 7) is 6.16. The molecule has 0 amide bonds. The first-order valence-electron chi connectivity index (χ1n) is 6.73. The molecule has 2 aromatic rings. The van der Waals surface area contributed by atoms with Gasteiger partial charge in [0.05, 0.1) is 5.02 Å². The summed E-state index contributed by atoms with van der Waals surface area (Å²) in [4.78, 5) is 0. The molecule has 0 spiro atoms. The second-order valence-electron chi connectivity index (χ2n) is 4.66. The van der Waals surface area contributed by atoms with E-state index in [1.807, 2.05) is 31.2 Å². The fourth-order valence-electron chi connectivity index (χ4n) is 1.82. The number of benzene rings is 1. The molecule has 1 N–H and O–H groups in total. The van der Waals surface area contributed by atoms with Gasteiger partial charge in [0.2, 0.25) is 0 Å². The average Bonchev–Trinajstić information content (AvgIpc) is 2.84. The molecule has 2 rings (SSSR count). The predicted octanol–water partition coefficient (Wildman–Crippen LogP) is 3.72. The smallest absolute Gasteiger partial charge is 0.138 e. The lowest BCUT2D eigenvalue weighted by Crippen LogP contribution is -2.13. The van der Waals surface area contributed by atoms with Crippen LogP contribution >= 0.6 is 11.6 Å². The number of halogens is 1. The average molecular weight is 295 g/mol. The van der Waals surface area contributed by atoms with E-state index in [-0.39, 0.29) is 0 Å². The normalized spacial score (nSPS) is 10.8. The zero-order valence-corrected chi connectivity index (χ0v) is 12.5. The third kappa shape index (κ3) is 4.25. The number of rotatable bonds is 7. The summed E-state index contributed by atoms with van der Waals surface area (Å²) in [5, 5.41) is 7.82. The monoisotopic (exact) mass is 294 g/mol. The van der Waals surface area contributed by atoms with Crippen LogP contribution in [0, 0.1) is 6.92 Å². The molecule has 0 fully saturated rings. The molecule has 4 nitrogen and oxygen atoms in total. The van der Waals surface area contributed by atoms with Crippen molar-refractivity contribution in [1.29, 1.82) is 0 Å². The van der Waals surface area contributed by atoms with Crippen LogP contribution in [0.1, 0.15) is 30.4 Å². The first-order valence-corrected chi connectivity index (χ1v) is 7.11. The predicted molar refractivity (Wildman–Crippen MR) is 79.0 cm³/mol. The Labute approximate surface area is 124 Å². The Bertz CT molecular complexity index is 555. The molecule has 0 bridgehead atoms. The van der Waals surface area contributed by atoms with Gasteiger partial charge in [-0.05, 0) is 37.6 Å². The van der Waals surface area contributed by atoms with Gasteiger partial charge in [-0.25, -0.2) is 0 Å². The van der Waals surface area contributed by atoms with Gasteiger partial charge in [0.1, 0.15) is 23.8 Å². The van der Waals surface area contributed by atoms with Crippen LogP contribution in [-0.2, 0) is 13.2 Å². The van der Waals surface area contributed by atoms with Crippen LogP contribution in [-0.4, -0.2) is 11.7 Å². The molecule has 1 aromatic carbocycles. The lowest BCUT2D eigenvalue weighted by Gasteiger charge is -2.09. The minimum atomic E-state index is 0.352. The lowest BCUT2D eigenvalue weighted by atomic mass is 10.2. The number of ether oxygens (including phenoxy) is 1. The van der Waals surface area contributed by atoms with E-state index in [2.05, 4.69) is 17.4 Å². The van der Waals surface area contributed by atoms with E-state index >= 15 is 0 Å². The van der Waals surface area contributed by atoms with Gasteiger partial charge in [-0.2, -0.15) is 0 Å². The third-order valence-corrected chi connectivity index (χ3v) is 3.10. The molecule has 1 heterocycles. The summed E-state index contributed by atoms with van der Waals surface area (Å²) in [5.41, 5.74) is 1.90. The molecule has 0 unspecified atom stereocenters. The second-order valence-corrected chi connectivity index (χ2v) is 5.07. The van der Waals surface area contributed by atoms with Gasteiger partial charge in [-0.15, -0.1) is 0 Å². The van der Waals surface area contributed by atoms with E-state index in [9.17, 15) is 0 Å². The summed E-state index contributed by atoms with van der Waals surface area (Å²) in [6.07, 6.45) is 1.12. The molecule has 0 saturated heterocycles. The van der Waals surface area contributed by atoms with Crippen molar-refractivity contribution < 1.29 is 9.26 Å². The number of nitrogens with zero attached hydrogens (tertiary/aromatic N) is 1. The molecule has 20 heavy (non-hydrogen) atoms. The standard InChI is InChI=1S/C15H19ClN2O2/c1-3-6-17-9-12-4-5-15(14(16)8-12)19-10-13-7-11(2)20-18-13/h4-5,7-8,17H,3,6,9-10H2,1-2H3. The van der Waals surface area contributed by atoms with Gasteiger partial charge in [-0.1, -0.05) is 29.7 Å². The zero-order valence-electron chi connectivity index (χ0n) is 11.8. The van der Waals surface area contributed by atoms with Crippen molar-refractivity contribution in [1.82, 2.24) is 10.5 Å². The molecule has 1 aromatic heterocycles. The Kier molecular flexibility index (Phi) is 5.44. The molecular formula is C15H19ClN2O2. The fourth-order valence-corrected chi connectivity index (χ4v) is 2.08. The van der Waals surface area contributed by atoms with E-state index < -0.39 is 0 Å². The van der Waals surface area contributed by atoms with E-state index in [0.29, 0.717) is 17.4 Å². The molecule has 5 heteroatoms. The van der Waals surface area contributed by atoms with Gasteiger partial charge in [0, 0.05) is 12.6 Å². The number of nitrogens with one attached hydrogen (secondary N) is 1. The van der Waals surface area contributed by atoms with Crippen LogP contribution < -0.4 is 10.1 Å². The molecule has 0 radical (unpaired) electrons. The summed E-state index contributed by atoms with van der Waals surface area (Å²) >= 11 is 6.22. The Balaban J connectivity index is 1.92. The summed E-state index contributed by atoms with van der Waals surface area (Å²) in [7, 11) is 0. The maximum Gasteiger partial charge on any atom is 0.138 e. The van der Waals surface area contributed by atoms with E-state index in [1.54, 1.807) is 0 Å². The minimum absolute atomic E-state index is 0.352. The van der Waals surface area contributed by atoms with Crippen LogP contribution in [0.4, 0.5) is 0 Å². The van der Waals surface area contributed by atoms with Crippen molar-refractivity contribution in [2.75, 3.05) is 6.54 Å². The maximum absolute atomic E-state index is 6.22. The third-order valence-electron chi connectivity index (χ3n) is 2.80. The van der Waals surface area contributed by atoms with Crippen molar-refractivity contribution in [3.63, 3.8) is 0 Å². The van der Waals surface area contributed by atoms with Crippen LogP contribution in [0.5, 0.6) is 5.75 Å². The van der Waals surface area contributed by atoms with Crippen molar-refractivity contribution in [2.24, 2.45) is 0 Å². The highest BCUT2D eigenvalue weighted by molar-refractivity contribution is 6.32. The van der Waals surface area contributed by atoms with Gasteiger partial charge in [0.25, 0.3) is 0 Å². The highest BCUT2D eigenvalue weighted by atomic mass is 35.5. The Morgan fingerprint density at radius 2 is 2.20 bits per heavy atom. The SMILES string of the molecule is CCCNCc1ccc(OCc2cc(C)on2)c(Cl)c1. The summed E-state index contributed by atoms with van der Waals surface area (Å²) in [6, 6.07) is 7.67. The highest BCUT2D eigenvalue weighted by Crippen LogP contribution is 2.26. The molecule has 0 aliphatic heterocycles. The minimum Gasteiger partial charge on any atom is -0.486 e. The fraction of sp³-hybridized carbons (Fsp3) is 0.400. The van der Waals surface area contributed by atoms with Gasteiger partial charge in [0.15, 0.2) is 0 Å². The van der Waals surface area contributed by atoms with Crippen molar-refractivity contribution in [3.05, 3.63) is 46.3 Å². The molecule has 0 aliphatic rings. The summed E-state index contributed by atoms with van der Waals surface area (Å²) in [5.74, 6) is 1.43. The summed E-state index contributed by atoms with van der Waals surface area (Å²) < 4.78 is 10.6.